The van der Waals surface area contributed by atoms with E-state index in [0.29, 0.717) is 19.5 Å². The molecule has 0 atom stereocenters. The van der Waals surface area contributed by atoms with Crippen LogP contribution in [0.4, 0.5) is 0 Å². The van der Waals surface area contributed by atoms with Crippen LogP contribution < -0.4 is 10.0 Å². The van der Waals surface area contributed by atoms with Crippen molar-refractivity contribution >= 4 is 33.0 Å². The first-order valence-electron chi connectivity index (χ1n) is 5.96. The minimum atomic E-state index is -3.17. The number of halogens is 1. The third-order valence-corrected chi connectivity index (χ3v) is 4.97. The molecule has 0 radical (unpaired) electrons. The van der Waals surface area contributed by atoms with Crippen molar-refractivity contribution in [3.8, 4) is 0 Å². The van der Waals surface area contributed by atoms with E-state index in [2.05, 4.69) is 10.0 Å². The van der Waals surface area contributed by atoms with Gasteiger partial charge in [0.25, 0.3) is 0 Å². The summed E-state index contributed by atoms with van der Waals surface area (Å²) in [5, 5.41) is 3.07. The van der Waals surface area contributed by atoms with E-state index in [4.69, 9.17) is 11.6 Å². The van der Waals surface area contributed by atoms with Crippen molar-refractivity contribution in [3.63, 3.8) is 0 Å². The minimum Gasteiger partial charge on any atom is -0.316 e. The van der Waals surface area contributed by atoms with Crippen LogP contribution in [0.15, 0.2) is 12.1 Å². The highest BCUT2D eigenvalue weighted by Crippen LogP contribution is 2.21. The molecule has 0 spiro atoms. The van der Waals surface area contributed by atoms with Crippen molar-refractivity contribution in [3.05, 3.63) is 21.3 Å². The zero-order chi connectivity index (χ0) is 13.4. The SMILES string of the molecule is CCCNCCS(=O)(=O)NCCc1ccc(Cl)s1. The van der Waals surface area contributed by atoms with Crippen molar-refractivity contribution in [2.45, 2.75) is 19.8 Å². The molecule has 7 heteroatoms. The number of nitrogens with one attached hydrogen (secondary N) is 2. The first kappa shape index (κ1) is 15.9. The number of thiophene rings is 1. The summed E-state index contributed by atoms with van der Waals surface area (Å²) in [6.45, 7) is 3.82. The summed E-state index contributed by atoms with van der Waals surface area (Å²) in [7, 11) is -3.17. The summed E-state index contributed by atoms with van der Waals surface area (Å²) in [6, 6.07) is 3.74. The molecule has 0 unspecified atom stereocenters. The fraction of sp³-hybridized carbons (Fsp3) is 0.636. The average molecular weight is 311 g/mol. The van der Waals surface area contributed by atoms with Gasteiger partial charge in [-0.05, 0) is 31.5 Å². The third kappa shape index (κ3) is 6.70. The molecule has 0 aromatic carbocycles. The monoisotopic (exact) mass is 310 g/mol. The second-order valence-electron chi connectivity index (χ2n) is 3.92. The van der Waals surface area contributed by atoms with Gasteiger partial charge >= 0.3 is 0 Å². The molecule has 2 N–H and O–H groups in total. The van der Waals surface area contributed by atoms with Gasteiger partial charge in [0.2, 0.25) is 10.0 Å². The van der Waals surface area contributed by atoms with Gasteiger partial charge in [0.05, 0.1) is 10.1 Å². The van der Waals surface area contributed by atoms with Crippen LogP contribution in [0.5, 0.6) is 0 Å². The predicted molar refractivity (Wildman–Crippen MR) is 78.0 cm³/mol. The van der Waals surface area contributed by atoms with E-state index in [1.807, 2.05) is 19.1 Å². The predicted octanol–water partition coefficient (Wildman–Crippen LogP) is 1.86. The van der Waals surface area contributed by atoms with Crippen LogP contribution in [0.3, 0.4) is 0 Å². The molecular weight excluding hydrogens is 292 g/mol. The van der Waals surface area contributed by atoms with Crippen molar-refractivity contribution in [1.82, 2.24) is 10.0 Å². The summed E-state index contributed by atoms with van der Waals surface area (Å²) in [4.78, 5) is 1.09. The van der Waals surface area contributed by atoms with Gasteiger partial charge in [-0.15, -0.1) is 11.3 Å². The Morgan fingerprint density at radius 3 is 2.67 bits per heavy atom. The van der Waals surface area contributed by atoms with Gasteiger partial charge in [0.1, 0.15) is 0 Å². The van der Waals surface area contributed by atoms with Gasteiger partial charge in [-0.1, -0.05) is 18.5 Å². The van der Waals surface area contributed by atoms with Gasteiger partial charge in [0.15, 0.2) is 0 Å². The summed E-state index contributed by atoms with van der Waals surface area (Å²) < 4.78 is 26.6. The first-order chi connectivity index (χ1) is 8.53. The lowest BCUT2D eigenvalue weighted by Gasteiger charge is -2.06. The van der Waals surface area contributed by atoms with Gasteiger partial charge < -0.3 is 5.32 Å². The second-order valence-corrected chi connectivity index (χ2v) is 7.65. The summed E-state index contributed by atoms with van der Waals surface area (Å²) >= 11 is 7.28. The summed E-state index contributed by atoms with van der Waals surface area (Å²) in [5.41, 5.74) is 0. The van der Waals surface area contributed by atoms with Crippen LogP contribution in [0, 0.1) is 0 Å². The lowest BCUT2D eigenvalue weighted by molar-refractivity contribution is 0.576. The van der Waals surface area contributed by atoms with E-state index in [9.17, 15) is 8.42 Å². The molecule has 0 amide bonds. The fourth-order valence-electron chi connectivity index (χ4n) is 1.40. The molecule has 0 fully saturated rings. The second kappa shape index (κ2) is 8.12. The molecule has 1 heterocycles. The standard InChI is InChI=1S/C11H19ClN2O2S2/c1-2-6-13-8-9-18(15,16)14-7-5-10-3-4-11(12)17-10/h3-4,13-14H,2,5-9H2,1H3. The van der Waals surface area contributed by atoms with Gasteiger partial charge in [-0.3, -0.25) is 0 Å². The molecule has 0 saturated heterocycles. The number of rotatable bonds is 9. The van der Waals surface area contributed by atoms with Crippen LogP contribution in [0.1, 0.15) is 18.2 Å². The molecule has 1 rings (SSSR count). The van der Waals surface area contributed by atoms with E-state index in [0.717, 1.165) is 22.2 Å². The highest BCUT2D eigenvalue weighted by Gasteiger charge is 2.09. The van der Waals surface area contributed by atoms with E-state index in [1.54, 1.807) is 0 Å². The molecular formula is C11H19ClN2O2S2. The Labute approximate surface area is 118 Å². The van der Waals surface area contributed by atoms with E-state index < -0.39 is 10.0 Å². The van der Waals surface area contributed by atoms with Gasteiger partial charge in [0, 0.05) is 18.0 Å². The molecule has 0 bridgehead atoms. The third-order valence-electron chi connectivity index (χ3n) is 2.30. The highest BCUT2D eigenvalue weighted by molar-refractivity contribution is 7.89. The molecule has 0 aliphatic carbocycles. The lowest BCUT2D eigenvalue weighted by atomic mass is 10.3. The minimum absolute atomic E-state index is 0.123. The zero-order valence-electron chi connectivity index (χ0n) is 10.4. The van der Waals surface area contributed by atoms with Crippen molar-refractivity contribution in [1.29, 1.82) is 0 Å². The van der Waals surface area contributed by atoms with Crippen LogP contribution in [0.25, 0.3) is 0 Å². The number of hydrogen-bond acceptors (Lipinski definition) is 4. The lowest BCUT2D eigenvalue weighted by Crippen LogP contribution is -2.33. The van der Waals surface area contributed by atoms with Crippen LogP contribution in [-0.4, -0.2) is 33.8 Å². The van der Waals surface area contributed by atoms with E-state index >= 15 is 0 Å². The molecule has 18 heavy (non-hydrogen) atoms. The van der Waals surface area contributed by atoms with Crippen LogP contribution in [0.2, 0.25) is 4.34 Å². The Kier molecular flexibility index (Phi) is 7.18. The topological polar surface area (TPSA) is 58.2 Å². The van der Waals surface area contributed by atoms with Crippen molar-refractivity contribution in [2.75, 3.05) is 25.4 Å². The van der Waals surface area contributed by atoms with Crippen molar-refractivity contribution in [2.24, 2.45) is 0 Å². The summed E-state index contributed by atoms with van der Waals surface area (Å²) in [6.07, 6.45) is 1.69. The van der Waals surface area contributed by atoms with E-state index in [1.165, 1.54) is 11.3 Å². The molecule has 0 saturated carbocycles. The highest BCUT2D eigenvalue weighted by atomic mass is 35.5. The Hall–Kier alpha value is -0.140. The average Bonchev–Trinajstić information content (AvgIpc) is 2.70. The Balaban J connectivity index is 2.20. The van der Waals surface area contributed by atoms with E-state index in [-0.39, 0.29) is 5.75 Å². The number of hydrogen-bond donors (Lipinski definition) is 2. The van der Waals surface area contributed by atoms with Gasteiger partial charge in [-0.2, -0.15) is 0 Å². The fourth-order valence-corrected chi connectivity index (χ4v) is 3.45. The summed E-state index contributed by atoms with van der Waals surface area (Å²) in [5.74, 6) is 0.123. The Morgan fingerprint density at radius 1 is 1.28 bits per heavy atom. The van der Waals surface area contributed by atoms with Gasteiger partial charge in [-0.25, -0.2) is 13.1 Å². The normalized spacial score (nSPS) is 11.9. The maximum atomic E-state index is 11.6. The van der Waals surface area contributed by atoms with Crippen molar-refractivity contribution < 1.29 is 8.42 Å². The zero-order valence-corrected chi connectivity index (χ0v) is 12.8. The number of sulfonamides is 1. The maximum Gasteiger partial charge on any atom is 0.212 e. The quantitative estimate of drug-likeness (QED) is 0.685. The largest absolute Gasteiger partial charge is 0.316 e. The molecule has 1 aromatic heterocycles. The molecule has 0 aliphatic rings. The molecule has 1 aromatic rings. The Bertz CT molecular complexity index is 446. The maximum absolute atomic E-state index is 11.6. The molecule has 4 nitrogen and oxygen atoms in total. The van der Waals surface area contributed by atoms with Crippen LogP contribution in [-0.2, 0) is 16.4 Å². The molecule has 104 valence electrons. The smallest absolute Gasteiger partial charge is 0.212 e. The molecule has 0 aliphatic heterocycles. The Morgan fingerprint density at radius 2 is 2.06 bits per heavy atom. The van der Waals surface area contributed by atoms with Crippen LogP contribution >= 0.6 is 22.9 Å². The first-order valence-corrected chi connectivity index (χ1v) is 8.80.